The van der Waals surface area contributed by atoms with Crippen molar-refractivity contribution in [3.63, 3.8) is 0 Å². The Hall–Kier alpha value is -1.30. The molecule has 1 rings (SSSR count). The van der Waals surface area contributed by atoms with Gasteiger partial charge in [0.15, 0.2) is 0 Å². The van der Waals surface area contributed by atoms with Crippen LogP contribution in [0, 0.1) is 0 Å². The Labute approximate surface area is 88.0 Å². The van der Waals surface area contributed by atoms with Gasteiger partial charge in [-0.15, -0.1) is 0 Å². The summed E-state index contributed by atoms with van der Waals surface area (Å²) in [5.74, 6) is 0.567. The number of hydrogen-bond acceptors (Lipinski definition) is 0. The van der Waals surface area contributed by atoms with Crippen LogP contribution in [0.4, 0.5) is 0 Å². The first-order chi connectivity index (χ1) is 6.19. The lowest BCUT2D eigenvalue weighted by molar-refractivity contribution is 0.866. The Morgan fingerprint density at radius 3 is 2.07 bits per heavy atom. The Balaban J connectivity index is 0.00000169. The van der Waals surface area contributed by atoms with Crippen LogP contribution in [-0.2, 0) is 0 Å². The Kier molecular flexibility index (Phi) is 4.93. The zero-order valence-electron chi connectivity index (χ0n) is 8.38. The molecule has 0 heterocycles. The second kappa shape index (κ2) is 5.43. The van der Waals surface area contributed by atoms with Gasteiger partial charge in [0.1, 0.15) is 0 Å². The van der Waals surface area contributed by atoms with Crippen LogP contribution >= 0.6 is 0 Å². The summed E-state index contributed by atoms with van der Waals surface area (Å²) in [7, 11) is 0. The lowest BCUT2D eigenvalue weighted by Gasteiger charge is -2.08. The molecule has 76 valence electrons. The molecule has 0 nitrogen and oxygen atoms in total. The molecule has 0 unspecified atom stereocenters. The van der Waals surface area contributed by atoms with Crippen molar-refractivity contribution in [2.24, 2.45) is 0 Å². The quantitative estimate of drug-likeness (QED) is 0.643. The van der Waals surface area contributed by atoms with Gasteiger partial charge in [-0.05, 0) is 22.6 Å². The third-order valence-electron chi connectivity index (χ3n) is 2.22. The van der Waals surface area contributed by atoms with Crippen molar-refractivity contribution in [1.82, 2.24) is 0 Å². The molecule has 0 aromatic heterocycles. The number of benzene rings is 1. The van der Waals surface area contributed by atoms with Crippen LogP contribution in [-0.4, -0.2) is 0 Å². The summed E-state index contributed by atoms with van der Waals surface area (Å²) in [5, 5.41) is 0. The molecule has 0 aliphatic rings. The van der Waals surface area contributed by atoms with E-state index in [0.29, 0.717) is 5.92 Å². The van der Waals surface area contributed by atoms with Gasteiger partial charge in [-0.25, -0.2) is 0 Å². The van der Waals surface area contributed by atoms with Gasteiger partial charge in [-0.1, -0.05) is 64.8 Å². The molecule has 0 fully saturated rings. The molecule has 0 aliphatic carbocycles. The van der Waals surface area contributed by atoms with E-state index in [4.69, 9.17) is 0 Å². The molecule has 1 aromatic carbocycles. The fraction of sp³-hybridized carbons (Fsp3) is 0.286. The van der Waals surface area contributed by atoms with Gasteiger partial charge >= 0.3 is 0 Å². The third kappa shape index (κ3) is 2.59. The minimum atomic E-state index is 0. The van der Waals surface area contributed by atoms with Crippen LogP contribution in [0.2, 0.25) is 0 Å². The molecule has 14 heavy (non-hydrogen) atoms. The summed E-state index contributed by atoms with van der Waals surface area (Å²) in [4.78, 5) is 0. The zero-order valence-corrected chi connectivity index (χ0v) is 8.38. The summed E-state index contributed by atoms with van der Waals surface area (Å²) in [6.45, 7) is 11.9. The first kappa shape index (κ1) is 12.7. The molecule has 0 atom stereocenters. The van der Waals surface area contributed by atoms with Crippen molar-refractivity contribution in [2.45, 2.75) is 27.2 Å². The van der Waals surface area contributed by atoms with Gasteiger partial charge in [-0.3, -0.25) is 0 Å². The Bertz CT molecular complexity index is 319. The van der Waals surface area contributed by atoms with Gasteiger partial charge in [-0.2, -0.15) is 0 Å². The molecular formula is C14H20. The van der Waals surface area contributed by atoms with E-state index in [0.717, 1.165) is 5.56 Å². The van der Waals surface area contributed by atoms with Gasteiger partial charge in [0.05, 0.1) is 0 Å². The molecule has 0 N–H and O–H groups in total. The molecule has 1 aromatic rings. The van der Waals surface area contributed by atoms with Gasteiger partial charge in [0.25, 0.3) is 0 Å². The van der Waals surface area contributed by atoms with Crippen LogP contribution in [0.5, 0.6) is 0 Å². The Morgan fingerprint density at radius 1 is 1.07 bits per heavy atom. The van der Waals surface area contributed by atoms with Crippen molar-refractivity contribution < 1.29 is 0 Å². The van der Waals surface area contributed by atoms with Crippen LogP contribution in [0.3, 0.4) is 0 Å². The molecule has 0 heteroatoms. The monoisotopic (exact) mass is 188 g/mol. The highest BCUT2D eigenvalue weighted by Gasteiger charge is 2.01. The van der Waals surface area contributed by atoms with E-state index in [1.165, 1.54) is 11.1 Å². The summed E-state index contributed by atoms with van der Waals surface area (Å²) < 4.78 is 0. The second-order valence-corrected chi connectivity index (χ2v) is 3.45. The lowest BCUT2D eigenvalue weighted by Crippen LogP contribution is -1.89. The Morgan fingerprint density at radius 2 is 1.64 bits per heavy atom. The normalized spacial score (nSPS) is 9.36. The molecule has 0 bridgehead atoms. The van der Waals surface area contributed by atoms with Crippen molar-refractivity contribution in [2.75, 3.05) is 0 Å². The number of hydrogen-bond donors (Lipinski definition) is 0. The minimum Gasteiger partial charge on any atom is -0.0984 e. The fourth-order valence-corrected chi connectivity index (χ4v) is 1.32. The molecular weight excluding hydrogens is 168 g/mol. The summed E-state index contributed by atoms with van der Waals surface area (Å²) >= 11 is 0. The zero-order chi connectivity index (χ0) is 9.84. The maximum Gasteiger partial charge on any atom is -0.0187 e. The van der Waals surface area contributed by atoms with Crippen molar-refractivity contribution in [1.29, 1.82) is 0 Å². The predicted octanol–water partition coefficient (Wildman–Crippen LogP) is 4.73. The van der Waals surface area contributed by atoms with E-state index in [1.807, 2.05) is 12.2 Å². The second-order valence-electron chi connectivity index (χ2n) is 3.45. The molecule has 0 saturated carbocycles. The van der Waals surface area contributed by atoms with E-state index >= 15 is 0 Å². The fourth-order valence-electron chi connectivity index (χ4n) is 1.32. The van der Waals surface area contributed by atoms with E-state index in [-0.39, 0.29) is 7.43 Å². The maximum atomic E-state index is 3.79. The smallest absolute Gasteiger partial charge is 0.0187 e. The largest absolute Gasteiger partial charge is 0.0984 e. The molecule has 0 radical (unpaired) electrons. The van der Waals surface area contributed by atoms with Gasteiger partial charge in [0, 0.05) is 0 Å². The van der Waals surface area contributed by atoms with Crippen LogP contribution in [0.15, 0.2) is 31.4 Å². The number of rotatable bonds is 3. The average Bonchev–Trinajstić information content (AvgIpc) is 2.16. The van der Waals surface area contributed by atoms with Crippen LogP contribution in [0.1, 0.15) is 43.9 Å². The van der Waals surface area contributed by atoms with Crippen molar-refractivity contribution in [3.05, 3.63) is 48.0 Å². The summed E-state index contributed by atoms with van der Waals surface area (Å²) in [6, 6.07) is 6.42. The maximum absolute atomic E-state index is 3.79. The van der Waals surface area contributed by atoms with Crippen LogP contribution < -0.4 is 0 Å². The highest BCUT2D eigenvalue weighted by molar-refractivity contribution is 5.64. The summed E-state index contributed by atoms with van der Waals surface area (Å²) in [5.41, 5.74) is 3.67. The van der Waals surface area contributed by atoms with Crippen LogP contribution in [0.25, 0.3) is 12.2 Å². The molecule has 0 saturated heterocycles. The standard InChI is InChI=1S/C13H16.CH4/c1-5-11-7-8-13(10(3)4)9-12(11)6-2;/h5-10H,1-2H2,3-4H3;1H4. The van der Waals surface area contributed by atoms with E-state index < -0.39 is 0 Å². The van der Waals surface area contributed by atoms with Gasteiger partial charge < -0.3 is 0 Å². The highest BCUT2D eigenvalue weighted by Crippen LogP contribution is 2.20. The van der Waals surface area contributed by atoms with E-state index in [1.54, 1.807) is 0 Å². The average molecular weight is 188 g/mol. The van der Waals surface area contributed by atoms with E-state index in [9.17, 15) is 0 Å². The van der Waals surface area contributed by atoms with Gasteiger partial charge in [0.2, 0.25) is 0 Å². The molecule has 0 spiro atoms. The molecule has 0 amide bonds. The minimum absolute atomic E-state index is 0. The lowest BCUT2D eigenvalue weighted by atomic mass is 9.97. The third-order valence-corrected chi connectivity index (χ3v) is 2.22. The highest BCUT2D eigenvalue weighted by atomic mass is 14.1. The summed E-state index contributed by atoms with van der Waals surface area (Å²) in [6.07, 6.45) is 3.74. The first-order valence-electron chi connectivity index (χ1n) is 4.58. The van der Waals surface area contributed by atoms with E-state index in [2.05, 4.69) is 45.2 Å². The SMILES string of the molecule is C.C=Cc1ccc(C(C)C)cc1C=C. The topological polar surface area (TPSA) is 0 Å². The molecule has 0 aliphatic heterocycles. The van der Waals surface area contributed by atoms with Crippen molar-refractivity contribution in [3.8, 4) is 0 Å². The van der Waals surface area contributed by atoms with Crippen molar-refractivity contribution >= 4 is 12.2 Å². The first-order valence-corrected chi connectivity index (χ1v) is 4.58. The predicted molar refractivity (Wildman–Crippen MR) is 67.4 cm³/mol.